The predicted octanol–water partition coefficient (Wildman–Crippen LogP) is 10.2. The Hall–Kier alpha value is -4.51. The molecule has 2 aromatic heterocycles. The van der Waals surface area contributed by atoms with Crippen LogP contribution < -0.4 is 18.9 Å². The molecule has 0 aliphatic rings. The minimum Gasteiger partial charge on any atom is -0.493 e. The molecule has 0 amide bonds. The average Bonchev–Trinajstić information content (AvgIpc) is 3.74. The Morgan fingerprint density at radius 3 is 1.65 bits per heavy atom. The lowest BCUT2D eigenvalue weighted by molar-refractivity contribution is -0.118. The number of hydrogen-bond donors (Lipinski definition) is 1. The molecule has 4 aromatic carbocycles. The Kier molecular flexibility index (Phi) is 12.2. The molecule has 256 valence electrons. The van der Waals surface area contributed by atoms with E-state index in [1.165, 1.54) is 22.7 Å². The molecular weight excluding hydrogens is 657 g/mol. The van der Waals surface area contributed by atoms with Gasteiger partial charge in [-0.2, -0.15) is 0 Å². The number of rotatable bonds is 14. The van der Waals surface area contributed by atoms with Crippen LogP contribution in [-0.2, 0) is 17.6 Å². The number of aliphatic hydroxyl groups is 1. The zero-order valence-electron chi connectivity index (χ0n) is 28.5. The van der Waals surface area contributed by atoms with Gasteiger partial charge in [0.25, 0.3) is 10.4 Å². The summed E-state index contributed by atoms with van der Waals surface area (Å²) in [6, 6.07) is 27.5. The van der Waals surface area contributed by atoms with Crippen LogP contribution in [-0.4, -0.2) is 40.7 Å². The Balaban J connectivity index is 0.000000191. The van der Waals surface area contributed by atoms with Crippen LogP contribution in [0.1, 0.15) is 57.6 Å². The predicted molar refractivity (Wildman–Crippen MR) is 198 cm³/mol. The number of ether oxygens (including phenoxy) is 4. The normalized spacial score (nSPS) is 12.2. The van der Waals surface area contributed by atoms with Crippen molar-refractivity contribution in [3.63, 3.8) is 0 Å². The van der Waals surface area contributed by atoms with Crippen molar-refractivity contribution >= 4 is 48.9 Å². The van der Waals surface area contributed by atoms with Gasteiger partial charge in [-0.1, -0.05) is 72.9 Å². The number of Topliss-reactive ketones (excluding diaryl/α,β-unsaturated/α-hetero) is 1. The minimum absolute atomic E-state index is 0.267. The van der Waals surface area contributed by atoms with Gasteiger partial charge < -0.3 is 24.1 Å². The summed E-state index contributed by atoms with van der Waals surface area (Å²) in [6.07, 6.45) is 4.09. The smallest absolute Gasteiger partial charge is 0.279 e. The number of ketones is 1. The average molecular weight is 699 g/mol. The first-order valence-electron chi connectivity index (χ1n) is 16.3. The molecule has 0 aliphatic heterocycles. The van der Waals surface area contributed by atoms with Gasteiger partial charge in [0, 0.05) is 12.8 Å². The first-order chi connectivity index (χ1) is 23.7. The van der Waals surface area contributed by atoms with Crippen molar-refractivity contribution in [2.75, 3.05) is 14.2 Å². The highest BCUT2D eigenvalue weighted by atomic mass is 32.1. The number of fused-ring (bicyclic) bond motifs is 2. The second-order valence-electron chi connectivity index (χ2n) is 11.8. The number of aromatic nitrogens is 2. The van der Waals surface area contributed by atoms with E-state index < -0.39 is 5.60 Å². The Bertz CT molecular complexity index is 1930. The van der Waals surface area contributed by atoms with Gasteiger partial charge in [0.15, 0.2) is 23.0 Å². The molecule has 0 saturated carbocycles. The fourth-order valence-electron chi connectivity index (χ4n) is 4.93. The van der Waals surface area contributed by atoms with Gasteiger partial charge in [-0.15, -0.1) is 0 Å². The number of aryl methyl sites for hydroxylation is 2. The van der Waals surface area contributed by atoms with Crippen LogP contribution >= 0.6 is 22.7 Å². The number of nitrogens with zero attached hydrogens (tertiary/aromatic N) is 2. The molecule has 0 fully saturated rings. The maximum Gasteiger partial charge on any atom is 0.279 e. The molecule has 0 radical (unpaired) electrons. The first kappa shape index (κ1) is 35.8. The lowest BCUT2D eigenvalue weighted by Gasteiger charge is -2.21. The molecule has 2 heterocycles. The number of hydrogen-bond acceptors (Lipinski definition) is 10. The third kappa shape index (κ3) is 9.78. The molecule has 1 unspecified atom stereocenters. The number of benzene rings is 4. The maximum absolute atomic E-state index is 11.5. The monoisotopic (exact) mass is 698 g/mol. The molecule has 10 heteroatoms. The number of carbonyl (C=O) groups is 1. The molecule has 0 spiro atoms. The summed E-state index contributed by atoms with van der Waals surface area (Å²) in [7, 11) is 3.24. The van der Waals surface area contributed by atoms with Gasteiger partial charge >= 0.3 is 0 Å². The molecule has 1 atom stereocenters. The summed E-state index contributed by atoms with van der Waals surface area (Å²) in [5.74, 6) is 2.86. The van der Waals surface area contributed by atoms with Crippen LogP contribution in [0.25, 0.3) is 20.4 Å². The van der Waals surface area contributed by atoms with Gasteiger partial charge in [0.05, 0.1) is 40.3 Å². The van der Waals surface area contributed by atoms with Crippen molar-refractivity contribution < 1.29 is 28.8 Å². The first-order valence-corrected chi connectivity index (χ1v) is 18.0. The summed E-state index contributed by atoms with van der Waals surface area (Å²) in [5, 5.41) is 11.4. The highest BCUT2D eigenvalue weighted by Gasteiger charge is 2.18. The number of carbonyl (C=O) groups excluding carboxylic acids is 1. The zero-order valence-corrected chi connectivity index (χ0v) is 30.2. The van der Waals surface area contributed by atoms with E-state index in [9.17, 15) is 9.90 Å². The maximum atomic E-state index is 11.5. The Morgan fingerprint density at radius 1 is 0.714 bits per heavy atom. The van der Waals surface area contributed by atoms with E-state index in [2.05, 4.69) is 9.97 Å². The molecule has 8 nitrogen and oxygen atoms in total. The van der Waals surface area contributed by atoms with Gasteiger partial charge in [-0.3, -0.25) is 4.79 Å². The van der Waals surface area contributed by atoms with Crippen molar-refractivity contribution in [2.24, 2.45) is 0 Å². The molecule has 6 rings (SSSR count). The van der Waals surface area contributed by atoms with Crippen molar-refractivity contribution in [1.29, 1.82) is 0 Å². The van der Waals surface area contributed by atoms with Gasteiger partial charge in [0.2, 0.25) is 0 Å². The molecule has 49 heavy (non-hydrogen) atoms. The quantitative estimate of drug-likeness (QED) is 0.120. The van der Waals surface area contributed by atoms with Crippen LogP contribution in [0, 0.1) is 0 Å². The standard InChI is InChI=1S/C20H23NO3S.C19H19NO3S/c1-4-20(2,22)12-11-14-9-10-16(17(13-14)23-3)24-19-21-15-7-5-6-8-18(15)25-19;1-3-14(21)10-8-13-9-11-16(17(12-13)22-2)23-19-20-15-6-4-5-7-18(15)24-19/h5-10,13,22H,4,11-12H2,1-3H3;4-7,9,11-12H,3,8,10H2,1-2H3. The summed E-state index contributed by atoms with van der Waals surface area (Å²) < 4.78 is 24.9. The SMILES string of the molecule is CCC(=O)CCc1ccc(Oc2nc3ccccc3s2)c(OC)c1.CCC(C)(O)CCc1ccc(Oc2nc3ccccc3s2)c(OC)c1. The number of methoxy groups -OCH3 is 2. The number of thiazole rings is 2. The van der Waals surface area contributed by atoms with E-state index in [0.29, 0.717) is 59.1 Å². The Labute approximate surface area is 295 Å². The third-order valence-electron chi connectivity index (χ3n) is 8.20. The molecule has 0 aliphatic carbocycles. The van der Waals surface area contributed by atoms with Crippen LogP contribution in [0.4, 0.5) is 0 Å². The molecule has 6 aromatic rings. The largest absolute Gasteiger partial charge is 0.493 e. The van der Waals surface area contributed by atoms with E-state index in [0.717, 1.165) is 44.4 Å². The van der Waals surface area contributed by atoms with Gasteiger partial charge in [0.1, 0.15) is 5.78 Å². The minimum atomic E-state index is -0.636. The topological polar surface area (TPSA) is 100 Å². The molecule has 1 N–H and O–H groups in total. The summed E-state index contributed by atoms with van der Waals surface area (Å²) in [5.41, 5.74) is 3.39. The summed E-state index contributed by atoms with van der Waals surface area (Å²) in [6.45, 7) is 5.75. The van der Waals surface area contributed by atoms with Crippen LogP contribution in [0.2, 0.25) is 0 Å². The second-order valence-corrected chi connectivity index (χ2v) is 13.8. The summed E-state index contributed by atoms with van der Waals surface area (Å²) in [4.78, 5) is 20.4. The Morgan fingerprint density at radius 2 is 1.20 bits per heavy atom. The van der Waals surface area contributed by atoms with E-state index in [1.807, 2.05) is 106 Å². The van der Waals surface area contributed by atoms with Crippen molar-refractivity contribution in [3.8, 4) is 33.4 Å². The van der Waals surface area contributed by atoms with Gasteiger partial charge in [-0.25, -0.2) is 9.97 Å². The lowest BCUT2D eigenvalue weighted by Crippen LogP contribution is -2.23. The highest BCUT2D eigenvalue weighted by molar-refractivity contribution is 7.20. The third-order valence-corrected chi connectivity index (χ3v) is 10.0. The fraction of sp³-hybridized carbons (Fsp3) is 0.308. The van der Waals surface area contributed by atoms with Crippen LogP contribution in [0.5, 0.6) is 33.4 Å². The number of para-hydroxylation sites is 2. The molecule has 0 saturated heterocycles. The van der Waals surface area contributed by atoms with Crippen molar-refractivity contribution in [2.45, 2.75) is 64.9 Å². The van der Waals surface area contributed by atoms with E-state index in [1.54, 1.807) is 14.2 Å². The van der Waals surface area contributed by atoms with Gasteiger partial charge in [-0.05, 0) is 92.3 Å². The second kappa shape index (κ2) is 16.7. The van der Waals surface area contributed by atoms with E-state index in [-0.39, 0.29) is 5.78 Å². The van der Waals surface area contributed by atoms with Crippen molar-refractivity contribution in [1.82, 2.24) is 9.97 Å². The fourth-order valence-corrected chi connectivity index (χ4v) is 6.59. The zero-order chi connectivity index (χ0) is 34.8. The lowest BCUT2D eigenvalue weighted by atomic mass is 9.94. The van der Waals surface area contributed by atoms with E-state index in [4.69, 9.17) is 18.9 Å². The van der Waals surface area contributed by atoms with Crippen LogP contribution in [0.3, 0.4) is 0 Å². The van der Waals surface area contributed by atoms with E-state index >= 15 is 0 Å². The molecule has 0 bridgehead atoms. The van der Waals surface area contributed by atoms with Crippen molar-refractivity contribution in [3.05, 3.63) is 96.1 Å². The summed E-state index contributed by atoms with van der Waals surface area (Å²) >= 11 is 3.01. The highest BCUT2D eigenvalue weighted by Crippen LogP contribution is 2.38. The molecular formula is C39H42N2O6S2. The van der Waals surface area contributed by atoms with Crippen LogP contribution in [0.15, 0.2) is 84.9 Å².